The van der Waals surface area contributed by atoms with Crippen molar-refractivity contribution in [3.05, 3.63) is 76.9 Å². The Hall–Kier alpha value is -4.23. The second-order valence-corrected chi connectivity index (χ2v) is 7.24. The number of hydrogen-bond acceptors (Lipinski definition) is 5. The highest BCUT2D eigenvalue weighted by Gasteiger charge is 2.10. The van der Waals surface area contributed by atoms with Gasteiger partial charge in [-0.15, -0.1) is 22.0 Å². The van der Waals surface area contributed by atoms with Crippen LogP contribution in [0.2, 0.25) is 0 Å². The van der Waals surface area contributed by atoms with E-state index in [9.17, 15) is 0 Å². The fourth-order valence-corrected chi connectivity index (χ4v) is 3.37. The van der Waals surface area contributed by atoms with Gasteiger partial charge in [0.2, 0.25) is 5.82 Å². The molecule has 7 nitrogen and oxygen atoms in total. The average molecular weight is 422 g/mol. The summed E-state index contributed by atoms with van der Waals surface area (Å²) in [5.41, 5.74) is 4.54. The third-order valence-corrected chi connectivity index (χ3v) is 4.93. The van der Waals surface area contributed by atoms with Crippen LogP contribution in [0.25, 0.3) is 11.4 Å². The first-order valence-corrected chi connectivity index (χ1v) is 10.4. The van der Waals surface area contributed by atoms with Gasteiger partial charge in [-0.3, -0.25) is 0 Å². The Balaban J connectivity index is 1.47. The summed E-state index contributed by atoms with van der Waals surface area (Å²) in [4.78, 5) is 4.61. The van der Waals surface area contributed by atoms with Gasteiger partial charge in [0.1, 0.15) is 5.82 Å². The average Bonchev–Trinajstić information content (AvgIpc) is 3.48. The first-order chi connectivity index (χ1) is 15.7. The number of nitrogens with zero attached hydrogens (tertiary/aromatic N) is 6. The maximum Gasteiger partial charge on any atom is 0.204 e. The van der Waals surface area contributed by atoms with E-state index in [0.29, 0.717) is 25.2 Å². The molecule has 0 amide bonds. The molecule has 2 heterocycles. The maximum absolute atomic E-state index is 4.64. The van der Waals surface area contributed by atoms with Crippen molar-refractivity contribution in [2.45, 2.75) is 39.7 Å². The molecule has 0 aliphatic carbocycles. The molecule has 7 heteroatoms. The molecule has 4 aromatic rings. The predicted octanol–water partition coefficient (Wildman–Crippen LogP) is 3.23. The van der Waals surface area contributed by atoms with Crippen LogP contribution >= 0.6 is 0 Å². The van der Waals surface area contributed by atoms with Gasteiger partial charge in [0.15, 0.2) is 5.82 Å². The lowest BCUT2D eigenvalue weighted by Crippen LogP contribution is -2.07. The van der Waals surface area contributed by atoms with Crippen LogP contribution in [0, 0.1) is 23.7 Å². The van der Waals surface area contributed by atoms with E-state index in [1.165, 1.54) is 11.1 Å². The zero-order chi connectivity index (χ0) is 22.2. The smallest absolute Gasteiger partial charge is 0.204 e. The molecule has 0 spiro atoms. The molecule has 0 aliphatic heterocycles. The molecule has 0 saturated heterocycles. The van der Waals surface area contributed by atoms with E-state index in [0.717, 1.165) is 29.2 Å². The van der Waals surface area contributed by atoms with Crippen molar-refractivity contribution in [3.8, 4) is 35.1 Å². The maximum atomic E-state index is 4.64. The van der Waals surface area contributed by atoms with E-state index in [4.69, 9.17) is 0 Å². The van der Waals surface area contributed by atoms with Gasteiger partial charge in [0, 0.05) is 5.56 Å². The van der Waals surface area contributed by atoms with Gasteiger partial charge in [-0.05, 0) is 48.2 Å². The van der Waals surface area contributed by atoms with Crippen LogP contribution in [0.5, 0.6) is 0 Å². The second-order valence-electron chi connectivity index (χ2n) is 7.24. The number of tetrazole rings is 1. The Kier molecular flexibility index (Phi) is 6.69. The SMILES string of the molecule is CC#CCc1nc(CC#CC)n(Cc2ccc(Cc3cccc(-c4nn[nH]n4)c3)cc2)n1. The molecule has 0 unspecified atom stereocenters. The van der Waals surface area contributed by atoms with Gasteiger partial charge in [-0.1, -0.05) is 54.3 Å². The minimum absolute atomic E-state index is 0.553. The summed E-state index contributed by atoms with van der Waals surface area (Å²) in [7, 11) is 0. The molecule has 32 heavy (non-hydrogen) atoms. The zero-order valence-electron chi connectivity index (χ0n) is 18.1. The van der Waals surface area contributed by atoms with Crippen molar-refractivity contribution in [1.29, 1.82) is 0 Å². The Morgan fingerprint density at radius 2 is 1.69 bits per heavy atom. The van der Waals surface area contributed by atoms with Crippen molar-refractivity contribution in [2.75, 3.05) is 0 Å². The third-order valence-electron chi connectivity index (χ3n) is 4.93. The number of aromatic nitrogens is 7. The molecule has 2 aromatic carbocycles. The summed E-state index contributed by atoms with van der Waals surface area (Å²) in [6.45, 7) is 4.31. The summed E-state index contributed by atoms with van der Waals surface area (Å²) < 4.78 is 1.93. The van der Waals surface area contributed by atoms with Crippen molar-refractivity contribution >= 4 is 0 Å². The molecule has 0 atom stereocenters. The fourth-order valence-electron chi connectivity index (χ4n) is 3.37. The van der Waals surface area contributed by atoms with Crippen LogP contribution in [0.3, 0.4) is 0 Å². The summed E-state index contributed by atoms with van der Waals surface area (Å²) in [5, 5.41) is 18.9. The van der Waals surface area contributed by atoms with E-state index >= 15 is 0 Å². The van der Waals surface area contributed by atoms with Gasteiger partial charge in [0.25, 0.3) is 0 Å². The molecule has 0 aliphatic rings. The number of benzene rings is 2. The lowest BCUT2D eigenvalue weighted by Gasteiger charge is -2.07. The van der Waals surface area contributed by atoms with Crippen LogP contribution in [0.15, 0.2) is 48.5 Å². The summed E-state index contributed by atoms with van der Waals surface area (Å²) >= 11 is 0. The Labute approximate surface area is 187 Å². The van der Waals surface area contributed by atoms with Crippen molar-refractivity contribution < 1.29 is 0 Å². The van der Waals surface area contributed by atoms with E-state index in [1.54, 1.807) is 0 Å². The Bertz CT molecular complexity index is 1290. The highest BCUT2D eigenvalue weighted by Crippen LogP contribution is 2.18. The van der Waals surface area contributed by atoms with Crippen LogP contribution in [0.1, 0.15) is 42.2 Å². The van der Waals surface area contributed by atoms with Crippen molar-refractivity contribution in [2.24, 2.45) is 0 Å². The van der Waals surface area contributed by atoms with Crippen molar-refractivity contribution in [1.82, 2.24) is 35.4 Å². The predicted molar refractivity (Wildman–Crippen MR) is 122 cm³/mol. The Morgan fingerprint density at radius 3 is 2.44 bits per heavy atom. The molecule has 0 bridgehead atoms. The minimum atomic E-state index is 0.553. The first-order valence-electron chi connectivity index (χ1n) is 10.4. The van der Waals surface area contributed by atoms with Gasteiger partial charge in [-0.2, -0.15) is 10.3 Å². The van der Waals surface area contributed by atoms with Crippen molar-refractivity contribution in [3.63, 3.8) is 0 Å². The van der Waals surface area contributed by atoms with E-state index in [1.807, 2.05) is 30.7 Å². The van der Waals surface area contributed by atoms with Crippen LogP contribution in [-0.2, 0) is 25.8 Å². The van der Waals surface area contributed by atoms with Gasteiger partial charge >= 0.3 is 0 Å². The van der Waals surface area contributed by atoms with E-state index < -0.39 is 0 Å². The van der Waals surface area contributed by atoms with Gasteiger partial charge < -0.3 is 0 Å². The molecule has 0 saturated carbocycles. The summed E-state index contributed by atoms with van der Waals surface area (Å²) in [6, 6.07) is 16.8. The number of rotatable bonds is 7. The highest BCUT2D eigenvalue weighted by molar-refractivity contribution is 5.55. The van der Waals surface area contributed by atoms with Crippen LogP contribution < -0.4 is 0 Å². The second kappa shape index (κ2) is 10.2. The fraction of sp³-hybridized carbons (Fsp3) is 0.240. The lowest BCUT2D eigenvalue weighted by molar-refractivity contribution is 0.647. The summed E-state index contributed by atoms with van der Waals surface area (Å²) in [5.74, 6) is 14.2. The molecular formula is C25H23N7. The molecule has 158 valence electrons. The third kappa shape index (κ3) is 5.27. The standard InChI is InChI=1S/C25H23N7/c1-3-5-10-23-26-24(11-6-4-2)32(29-23)18-20-14-12-19(13-15-20)16-21-8-7-9-22(17-21)25-27-30-31-28-25/h7-9,12-15,17H,10-11,16,18H2,1-2H3,(H,27,28,30,31). The number of hydrogen-bond donors (Lipinski definition) is 1. The zero-order valence-corrected chi connectivity index (χ0v) is 18.1. The number of nitrogens with one attached hydrogen (secondary N) is 1. The number of H-pyrrole nitrogens is 1. The Morgan fingerprint density at radius 1 is 0.906 bits per heavy atom. The molecular weight excluding hydrogens is 398 g/mol. The quantitative estimate of drug-likeness (QED) is 0.463. The normalized spacial score (nSPS) is 10.2. The molecule has 2 aromatic heterocycles. The lowest BCUT2D eigenvalue weighted by atomic mass is 10.0. The van der Waals surface area contributed by atoms with E-state index in [-0.39, 0.29) is 0 Å². The molecule has 0 fully saturated rings. The van der Waals surface area contributed by atoms with Crippen LogP contribution in [0.4, 0.5) is 0 Å². The number of aromatic amines is 1. The van der Waals surface area contributed by atoms with Gasteiger partial charge in [-0.25, -0.2) is 9.67 Å². The monoisotopic (exact) mass is 421 g/mol. The first kappa shape index (κ1) is 21.0. The summed E-state index contributed by atoms with van der Waals surface area (Å²) in [6.07, 6.45) is 1.96. The molecule has 0 radical (unpaired) electrons. The van der Waals surface area contributed by atoms with E-state index in [2.05, 4.69) is 90.8 Å². The largest absolute Gasteiger partial charge is 0.244 e. The highest BCUT2D eigenvalue weighted by atomic mass is 15.5. The molecule has 1 N–H and O–H groups in total. The topological polar surface area (TPSA) is 85.2 Å². The van der Waals surface area contributed by atoms with Gasteiger partial charge in [0.05, 0.1) is 19.4 Å². The minimum Gasteiger partial charge on any atom is -0.244 e. The van der Waals surface area contributed by atoms with Crippen LogP contribution in [-0.4, -0.2) is 35.4 Å². The molecule has 4 rings (SSSR count).